The molecule has 1 aliphatic rings. The lowest BCUT2D eigenvalue weighted by atomic mass is 10.1. The normalized spacial score (nSPS) is 13.8. The van der Waals surface area contributed by atoms with Gasteiger partial charge in [0.15, 0.2) is 11.5 Å². The lowest BCUT2D eigenvalue weighted by molar-refractivity contribution is 0.0724. The molecule has 0 atom stereocenters. The third-order valence-corrected chi connectivity index (χ3v) is 5.63. The monoisotopic (exact) mass is 446 g/mol. The number of nitrogens with zero attached hydrogens (tertiary/aromatic N) is 2. The van der Waals surface area contributed by atoms with E-state index in [-0.39, 0.29) is 17.4 Å². The fourth-order valence-corrected chi connectivity index (χ4v) is 3.77. The van der Waals surface area contributed by atoms with Gasteiger partial charge in [0, 0.05) is 24.9 Å². The number of ether oxygens (including phenoxy) is 2. The highest BCUT2D eigenvalue weighted by molar-refractivity contribution is 5.94. The molecule has 3 aromatic carbocycles. The van der Waals surface area contributed by atoms with Crippen molar-refractivity contribution in [3.05, 3.63) is 89.2 Å². The number of piperidine rings is 1. The number of para-hydroxylation sites is 1. The first-order valence-corrected chi connectivity index (χ1v) is 11.1. The summed E-state index contributed by atoms with van der Waals surface area (Å²) in [6, 6.07) is 19.3. The molecule has 0 aliphatic carbocycles. The summed E-state index contributed by atoms with van der Waals surface area (Å²) in [5, 5.41) is 0. The quantitative estimate of drug-likeness (QED) is 0.432. The van der Waals surface area contributed by atoms with E-state index in [9.17, 15) is 9.18 Å². The number of halogens is 1. The van der Waals surface area contributed by atoms with Crippen LogP contribution in [0.15, 0.2) is 71.7 Å². The Morgan fingerprint density at radius 1 is 1.00 bits per heavy atom. The van der Waals surface area contributed by atoms with Crippen LogP contribution in [0.2, 0.25) is 0 Å². The molecule has 0 radical (unpaired) electrons. The number of hydrogen-bond acceptors (Lipinski definition) is 4. The van der Waals surface area contributed by atoms with Crippen LogP contribution in [0.5, 0.6) is 11.5 Å². The van der Waals surface area contributed by atoms with Gasteiger partial charge in [-0.25, -0.2) is 4.39 Å². The molecule has 3 aromatic rings. The Hall–Kier alpha value is -3.67. The lowest BCUT2D eigenvalue weighted by Crippen LogP contribution is -2.35. The van der Waals surface area contributed by atoms with Gasteiger partial charge in [0.2, 0.25) is 0 Å². The number of methoxy groups -OCH3 is 1. The van der Waals surface area contributed by atoms with E-state index in [2.05, 4.69) is 4.99 Å². The molecule has 0 unspecified atom stereocenters. The minimum Gasteiger partial charge on any atom is -0.493 e. The Morgan fingerprint density at radius 2 is 1.76 bits per heavy atom. The van der Waals surface area contributed by atoms with Gasteiger partial charge in [-0.05, 0) is 72.9 Å². The van der Waals surface area contributed by atoms with Crippen molar-refractivity contribution in [1.29, 1.82) is 0 Å². The average molecular weight is 447 g/mol. The highest BCUT2D eigenvalue weighted by Gasteiger charge is 2.18. The molecule has 1 heterocycles. The predicted octanol–water partition coefficient (Wildman–Crippen LogP) is 5.79. The smallest absolute Gasteiger partial charge is 0.253 e. The largest absolute Gasteiger partial charge is 0.493 e. The van der Waals surface area contributed by atoms with Gasteiger partial charge in [0.25, 0.3) is 5.91 Å². The van der Waals surface area contributed by atoms with E-state index in [4.69, 9.17) is 9.47 Å². The zero-order valence-corrected chi connectivity index (χ0v) is 18.7. The molecule has 0 spiro atoms. The molecular formula is C27H27FN2O3. The zero-order chi connectivity index (χ0) is 23.0. The van der Waals surface area contributed by atoms with Crippen molar-refractivity contribution >= 4 is 17.8 Å². The van der Waals surface area contributed by atoms with E-state index < -0.39 is 0 Å². The maximum Gasteiger partial charge on any atom is 0.253 e. The first-order valence-electron chi connectivity index (χ1n) is 11.1. The zero-order valence-electron chi connectivity index (χ0n) is 18.7. The van der Waals surface area contributed by atoms with Gasteiger partial charge in [-0.2, -0.15) is 0 Å². The fourth-order valence-electron chi connectivity index (χ4n) is 3.77. The number of hydrogen-bond donors (Lipinski definition) is 0. The standard InChI is InChI=1S/C27H27FN2O3/c1-32-26-17-21(18-29-24-8-4-3-7-23(24)28)11-14-25(26)33-19-20-9-12-22(13-10-20)27(31)30-15-5-2-6-16-30/h3-4,7-14,17-18H,2,5-6,15-16,19H2,1H3. The summed E-state index contributed by atoms with van der Waals surface area (Å²) in [4.78, 5) is 18.7. The Balaban J connectivity index is 1.38. The van der Waals surface area contributed by atoms with Crippen molar-refractivity contribution in [3.8, 4) is 11.5 Å². The molecule has 5 nitrogen and oxygen atoms in total. The molecule has 170 valence electrons. The first kappa shape index (κ1) is 22.5. The molecule has 1 amide bonds. The second-order valence-corrected chi connectivity index (χ2v) is 7.96. The molecule has 4 rings (SSSR count). The highest BCUT2D eigenvalue weighted by atomic mass is 19.1. The van der Waals surface area contributed by atoms with E-state index >= 15 is 0 Å². The van der Waals surface area contributed by atoms with Crippen LogP contribution in [0.3, 0.4) is 0 Å². The molecule has 6 heteroatoms. The number of likely N-dealkylation sites (tertiary alicyclic amines) is 1. The summed E-state index contributed by atoms with van der Waals surface area (Å²) >= 11 is 0. The number of benzene rings is 3. The third-order valence-electron chi connectivity index (χ3n) is 5.63. The third kappa shape index (κ3) is 5.77. The molecule has 0 saturated carbocycles. The summed E-state index contributed by atoms with van der Waals surface area (Å²) in [5.74, 6) is 0.874. The maximum atomic E-state index is 13.7. The highest BCUT2D eigenvalue weighted by Crippen LogP contribution is 2.29. The van der Waals surface area contributed by atoms with Crippen LogP contribution < -0.4 is 9.47 Å². The molecular weight excluding hydrogens is 419 g/mol. The fraction of sp³-hybridized carbons (Fsp3) is 0.259. The summed E-state index contributed by atoms with van der Waals surface area (Å²) < 4.78 is 25.1. The van der Waals surface area contributed by atoms with Gasteiger partial charge in [-0.1, -0.05) is 24.3 Å². The van der Waals surface area contributed by atoms with Gasteiger partial charge in [-0.3, -0.25) is 9.79 Å². The van der Waals surface area contributed by atoms with E-state index in [1.165, 1.54) is 12.5 Å². The Kier molecular flexibility index (Phi) is 7.35. The van der Waals surface area contributed by atoms with Crippen molar-refractivity contribution in [1.82, 2.24) is 4.90 Å². The van der Waals surface area contributed by atoms with Crippen LogP contribution >= 0.6 is 0 Å². The second-order valence-electron chi connectivity index (χ2n) is 7.96. The van der Waals surface area contributed by atoms with Crippen molar-refractivity contribution < 1.29 is 18.7 Å². The molecule has 1 fully saturated rings. The molecule has 33 heavy (non-hydrogen) atoms. The predicted molar refractivity (Wildman–Crippen MR) is 127 cm³/mol. The van der Waals surface area contributed by atoms with Crippen LogP contribution in [0, 0.1) is 5.82 Å². The number of carbonyl (C=O) groups excluding carboxylic acids is 1. The molecule has 0 N–H and O–H groups in total. The van der Waals surface area contributed by atoms with Crippen molar-refractivity contribution in [3.63, 3.8) is 0 Å². The van der Waals surface area contributed by atoms with Crippen molar-refractivity contribution in [2.24, 2.45) is 4.99 Å². The maximum absolute atomic E-state index is 13.7. The molecule has 1 aliphatic heterocycles. The van der Waals surface area contributed by atoms with Crippen molar-refractivity contribution in [2.75, 3.05) is 20.2 Å². The minimum atomic E-state index is -0.371. The topological polar surface area (TPSA) is 51.1 Å². The molecule has 0 bridgehead atoms. The van der Waals surface area contributed by atoms with Gasteiger partial charge < -0.3 is 14.4 Å². The van der Waals surface area contributed by atoms with Gasteiger partial charge >= 0.3 is 0 Å². The van der Waals surface area contributed by atoms with E-state index in [1.807, 2.05) is 35.2 Å². The summed E-state index contributed by atoms with van der Waals surface area (Å²) in [5.41, 5.74) is 2.70. The van der Waals surface area contributed by atoms with E-state index in [1.54, 1.807) is 43.7 Å². The van der Waals surface area contributed by atoms with Crippen LogP contribution in [-0.4, -0.2) is 37.2 Å². The summed E-state index contributed by atoms with van der Waals surface area (Å²) in [6.07, 6.45) is 4.94. The Bertz CT molecular complexity index is 1120. The first-order chi connectivity index (χ1) is 16.1. The van der Waals surface area contributed by atoms with Crippen LogP contribution in [0.25, 0.3) is 0 Å². The van der Waals surface area contributed by atoms with E-state index in [0.29, 0.717) is 23.7 Å². The molecule has 0 aromatic heterocycles. The van der Waals surface area contributed by atoms with Gasteiger partial charge in [0.05, 0.1) is 12.8 Å². The van der Waals surface area contributed by atoms with Gasteiger partial charge in [-0.15, -0.1) is 0 Å². The summed E-state index contributed by atoms with van der Waals surface area (Å²) in [6.45, 7) is 2.02. The van der Waals surface area contributed by atoms with Crippen LogP contribution in [0.4, 0.5) is 10.1 Å². The second kappa shape index (κ2) is 10.8. The Morgan fingerprint density at radius 3 is 2.48 bits per heavy atom. The van der Waals surface area contributed by atoms with Gasteiger partial charge in [0.1, 0.15) is 12.4 Å². The van der Waals surface area contributed by atoms with Crippen LogP contribution in [0.1, 0.15) is 40.7 Å². The lowest BCUT2D eigenvalue weighted by Gasteiger charge is -2.26. The number of carbonyl (C=O) groups is 1. The average Bonchev–Trinajstić information content (AvgIpc) is 2.87. The van der Waals surface area contributed by atoms with Crippen molar-refractivity contribution in [2.45, 2.75) is 25.9 Å². The number of rotatable bonds is 7. The SMILES string of the molecule is COc1cc(C=Nc2ccccc2F)ccc1OCc1ccc(C(=O)N2CCCCC2)cc1. The molecule has 1 saturated heterocycles. The Labute approximate surface area is 193 Å². The summed E-state index contributed by atoms with van der Waals surface area (Å²) in [7, 11) is 1.57. The number of aliphatic imine (C=N–C) groups is 1. The van der Waals surface area contributed by atoms with E-state index in [0.717, 1.165) is 37.1 Å². The number of amides is 1. The minimum absolute atomic E-state index is 0.0940. The van der Waals surface area contributed by atoms with Crippen LogP contribution in [-0.2, 0) is 6.61 Å².